The van der Waals surface area contributed by atoms with Gasteiger partial charge >= 0.3 is 5.69 Å². The molecule has 2 rings (SSSR count). The van der Waals surface area contributed by atoms with Crippen LogP contribution in [-0.2, 0) is 0 Å². The molecule has 1 aromatic carbocycles. The SMILES string of the molecule is CCNCCCNc1ccc2scnc2c1[N+](=O)[O-]. The molecule has 1 aromatic heterocycles. The molecule has 0 spiro atoms. The minimum absolute atomic E-state index is 0.0715. The Bertz CT molecular complexity index is 570. The number of hydrogen-bond donors (Lipinski definition) is 2. The van der Waals surface area contributed by atoms with Crippen LogP contribution in [0.1, 0.15) is 13.3 Å². The average molecular weight is 280 g/mol. The van der Waals surface area contributed by atoms with Crippen LogP contribution < -0.4 is 10.6 Å². The van der Waals surface area contributed by atoms with Crippen molar-refractivity contribution >= 4 is 32.9 Å². The largest absolute Gasteiger partial charge is 0.379 e. The van der Waals surface area contributed by atoms with E-state index in [0.717, 1.165) is 24.2 Å². The molecule has 1 heterocycles. The van der Waals surface area contributed by atoms with Gasteiger partial charge in [-0.3, -0.25) is 10.1 Å². The molecule has 102 valence electrons. The first-order chi connectivity index (χ1) is 9.24. The first kappa shape index (κ1) is 13.7. The highest BCUT2D eigenvalue weighted by atomic mass is 32.1. The average Bonchev–Trinajstić information content (AvgIpc) is 2.85. The zero-order chi connectivity index (χ0) is 13.7. The monoisotopic (exact) mass is 280 g/mol. The first-order valence-corrected chi connectivity index (χ1v) is 7.07. The molecular weight excluding hydrogens is 264 g/mol. The van der Waals surface area contributed by atoms with E-state index in [1.165, 1.54) is 11.3 Å². The third-order valence-electron chi connectivity index (χ3n) is 2.75. The van der Waals surface area contributed by atoms with E-state index in [1.807, 2.05) is 6.07 Å². The minimum Gasteiger partial charge on any atom is -0.379 e. The Morgan fingerprint density at radius 2 is 2.26 bits per heavy atom. The predicted molar refractivity (Wildman–Crippen MR) is 77.9 cm³/mol. The number of nitro groups is 1. The van der Waals surface area contributed by atoms with Gasteiger partial charge in [0.1, 0.15) is 5.69 Å². The molecule has 0 atom stereocenters. The van der Waals surface area contributed by atoms with Gasteiger partial charge < -0.3 is 10.6 Å². The van der Waals surface area contributed by atoms with Gasteiger partial charge in [-0.1, -0.05) is 6.92 Å². The van der Waals surface area contributed by atoms with E-state index in [0.29, 0.717) is 17.7 Å². The fraction of sp³-hybridized carbons (Fsp3) is 0.417. The van der Waals surface area contributed by atoms with E-state index < -0.39 is 0 Å². The molecular formula is C12H16N4O2S. The number of fused-ring (bicyclic) bond motifs is 1. The quantitative estimate of drug-likeness (QED) is 0.463. The number of anilines is 1. The maximum absolute atomic E-state index is 11.2. The van der Waals surface area contributed by atoms with E-state index in [-0.39, 0.29) is 10.6 Å². The smallest absolute Gasteiger partial charge is 0.319 e. The molecule has 0 aliphatic heterocycles. The summed E-state index contributed by atoms with van der Waals surface area (Å²) in [6.45, 7) is 4.58. The Labute approximate surface area is 115 Å². The second kappa shape index (κ2) is 6.44. The van der Waals surface area contributed by atoms with Crippen LogP contribution in [0.2, 0.25) is 0 Å². The van der Waals surface area contributed by atoms with Gasteiger partial charge in [0, 0.05) is 6.54 Å². The standard InChI is InChI=1S/C12H16N4O2S/c1-2-13-6-3-7-14-9-4-5-10-11(15-8-19-10)12(9)16(17)18/h4-5,8,13-14H,2-3,6-7H2,1H3. The van der Waals surface area contributed by atoms with Crippen molar-refractivity contribution in [2.75, 3.05) is 25.0 Å². The molecule has 2 N–H and O–H groups in total. The second-order valence-corrected chi connectivity index (χ2v) is 4.94. The van der Waals surface area contributed by atoms with E-state index in [9.17, 15) is 10.1 Å². The van der Waals surface area contributed by atoms with Gasteiger partial charge in [-0.05, 0) is 31.6 Å². The lowest BCUT2D eigenvalue weighted by atomic mass is 10.2. The van der Waals surface area contributed by atoms with E-state index >= 15 is 0 Å². The summed E-state index contributed by atoms with van der Waals surface area (Å²) in [6, 6.07) is 3.62. The number of nitrogens with one attached hydrogen (secondary N) is 2. The third-order valence-corrected chi connectivity index (χ3v) is 3.55. The molecule has 0 amide bonds. The topological polar surface area (TPSA) is 80.1 Å². The Hall–Kier alpha value is -1.73. The van der Waals surface area contributed by atoms with Crippen molar-refractivity contribution in [2.45, 2.75) is 13.3 Å². The van der Waals surface area contributed by atoms with Crippen LogP contribution >= 0.6 is 11.3 Å². The zero-order valence-corrected chi connectivity index (χ0v) is 11.5. The first-order valence-electron chi connectivity index (χ1n) is 6.19. The van der Waals surface area contributed by atoms with E-state index in [4.69, 9.17) is 0 Å². The summed E-state index contributed by atoms with van der Waals surface area (Å²) < 4.78 is 0.838. The Kier molecular flexibility index (Phi) is 4.64. The van der Waals surface area contributed by atoms with Crippen LogP contribution in [0, 0.1) is 10.1 Å². The molecule has 0 bridgehead atoms. The van der Waals surface area contributed by atoms with Crippen molar-refractivity contribution in [3.05, 3.63) is 27.8 Å². The maximum Gasteiger partial charge on any atom is 0.319 e. The van der Waals surface area contributed by atoms with Crippen molar-refractivity contribution in [3.63, 3.8) is 0 Å². The number of hydrogen-bond acceptors (Lipinski definition) is 6. The van der Waals surface area contributed by atoms with Crippen LogP contribution in [-0.4, -0.2) is 29.5 Å². The molecule has 0 fully saturated rings. The Morgan fingerprint density at radius 1 is 1.42 bits per heavy atom. The van der Waals surface area contributed by atoms with E-state index in [1.54, 1.807) is 11.6 Å². The van der Waals surface area contributed by atoms with Crippen LogP contribution in [0.4, 0.5) is 11.4 Å². The summed E-state index contributed by atoms with van der Waals surface area (Å²) in [4.78, 5) is 14.9. The number of benzene rings is 1. The van der Waals surface area contributed by atoms with Crippen molar-refractivity contribution in [2.24, 2.45) is 0 Å². The van der Waals surface area contributed by atoms with Crippen LogP contribution in [0.5, 0.6) is 0 Å². The van der Waals surface area contributed by atoms with Crippen molar-refractivity contribution in [3.8, 4) is 0 Å². The number of rotatable bonds is 7. The maximum atomic E-state index is 11.2. The summed E-state index contributed by atoms with van der Waals surface area (Å²) in [5.74, 6) is 0. The molecule has 0 saturated heterocycles. The molecule has 0 aliphatic carbocycles. The minimum atomic E-state index is -0.366. The summed E-state index contributed by atoms with van der Waals surface area (Å²) in [5, 5.41) is 17.5. The molecule has 0 unspecified atom stereocenters. The number of nitro benzene ring substituents is 1. The summed E-state index contributed by atoms with van der Waals surface area (Å²) in [6.07, 6.45) is 0.917. The molecule has 0 saturated carbocycles. The Morgan fingerprint density at radius 3 is 3.00 bits per heavy atom. The summed E-state index contributed by atoms with van der Waals surface area (Å²) in [7, 11) is 0. The van der Waals surface area contributed by atoms with Crippen LogP contribution in [0.25, 0.3) is 10.2 Å². The molecule has 19 heavy (non-hydrogen) atoms. The fourth-order valence-electron chi connectivity index (χ4n) is 1.86. The predicted octanol–water partition coefficient (Wildman–Crippen LogP) is 2.62. The zero-order valence-electron chi connectivity index (χ0n) is 10.7. The molecule has 6 nitrogen and oxygen atoms in total. The highest BCUT2D eigenvalue weighted by Gasteiger charge is 2.20. The van der Waals surface area contributed by atoms with Gasteiger partial charge in [0.2, 0.25) is 0 Å². The Balaban J connectivity index is 2.13. The lowest BCUT2D eigenvalue weighted by Crippen LogP contribution is -2.17. The third kappa shape index (κ3) is 3.18. The highest BCUT2D eigenvalue weighted by Crippen LogP contribution is 2.34. The van der Waals surface area contributed by atoms with Crippen molar-refractivity contribution in [1.82, 2.24) is 10.3 Å². The highest BCUT2D eigenvalue weighted by molar-refractivity contribution is 7.16. The number of nitrogens with zero attached hydrogens (tertiary/aromatic N) is 2. The van der Waals surface area contributed by atoms with Crippen LogP contribution in [0.3, 0.4) is 0 Å². The second-order valence-electron chi connectivity index (χ2n) is 4.05. The summed E-state index contributed by atoms with van der Waals surface area (Å²) >= 11 is 1.41. The molecule has 0 radical (unpaired) electrons. The van der Waals surface area contributed by atoms with Crippen LogP contribution in [0.15, 0.2) is 17.6 Å². The lowest BCUT2D eigenvalue weighted by molar-refractivity contribution is -0.382. The summed E-state index contributed by atoms with van der Waals surface area (Å²) in [5.41, 5.74) is 2.71. The van der Waals surface area contributed by atoms with E-state index in [2.05, 4.69) is 22.5 Å². The number of thiazole rings is 1. The molecule has 0 aliphatic rings. The normalized spacial score (nSPS) is 10.8. The van der Waals surface area contributed by atoms with Gasteiger partial charge in [0.15, 0.2) is 5.52 Å². The molecule has 2 aromatic rings. The van der Waals surface area contributed by atoms with Crippen molar-refractivity contribution in [1.29, 1.82) is 0 Å². The number of aromatic nitrogens is 1. The van der Waals surface area contributed by atoms with Gasteiger partial charge in [-0.25, -0.2) is 4.98 Å². The van der Waals surface area contributed by atoms with Gasteiger partial charge in [-0.2, -0.15) is 0 Å². The van der Waals surface area contributed by atoms with Crippen molar-refractivity contribution < 1.29 is 4.92 Å². The molecule has 7 heteroatoms. The van der Waals surface area contributed by atoms with Gasteiger partial charge in [0.25, 0.3) is 0 Å². The lowest BCUT2D eigenvalue weighted by Gasteiger charge is -2.07. The fourth-order valence-corrected chi connectivity index (χ4v) is 2.54. The van der Waals surface area contributed by atoms with Gasteiger partial charge in [0.05, 0.1) is 15.1 Å². The van der Waals surface area contributed by atoms with Gasteiger partial charge in [-0.15, -0.1) is 11.3 Å².